The van der Waals surface area contributed by atoms with Gasteiger partial charge in [-0.25, -0.2) is 4.98 Å². The minimum atomic E-state index is 0.961. The van der Waals surface area contributed by atoms with Crippen LogP contribution in [0.4, 0.5) is 0 Å². The first-order valence-electron chi connectivity index (χ1n) is 8.31. The van der Waals surface area contributed by atoms with Gasteiger partial charge in [0.2, 0.25) is 0 Å². The van der Waals surface area contributed by atoms with Crippen molar-refractivity contribution in [1.29, 1.82) is 0 Å². The van der Waals surface area contributed by atoms with Crippen LogP contribution in [-0.2, 0) is 6.54 Å². The van der Waals surface area contributed by atoms with Crippen molar-refractivity contribution in [2.75, 3.05) is 13.6 Å². The molecule has 0 radical (unpaired) electrons. The van der Waals surface area contributed by atoms with Gasteiger partial charge < -0.3 is 9.88 Å². The summed E-state index contributed by atoms with van der Waals surface area (Å²) in [5.41, 5.74) is 7.39. The molecule has 1 heterocycles. The third kappa shape index (κ3) is 3.45. The lowest BCUT2D eigenvalue weighted by Gasteiger charge is -2.18. The Morgan fingerprint density at radius 2 is 1.78 bits per heavy atom. The highest BCUT2D eigenvalue weighted by Gasteiger charge is 2.07. The van der Waals surface area contributed by atoms with Gasteiger partial charge in [-0.2, -0.15) is 0 Å². The maximum absolute atomic E-state index is 4.48. The Balaban J connectivity index is 1.94. The molecule has 0 saturated carbocycles. The largest absolute Gasteiger partial charge is 0.342 e. The van der Waals surface area contributed by atoms with Crippen LogP contribution in [0.1, 0.15) is 30.3 Å². The van der Waals surface area contributed by atoms with E-state index in [9.17, 15) is 0 Å². The lowest BCUT2D eigenvalue weighted by molar-refractivity contribution is 0.327. The monoisotopic (exact) mass is 307 g/mol. The minimum absolute atomic E-state index is 0.961. The molecule has 3 heteroatoms. The number of fused-ring (bicyclic) bond motifs is 1. The molecule has 0 aliphatic rings. The second kappa shape index (κ2) is 6.55. The van der Waals surface area contributed by atoms with Crippen LogP contribution in [0.2, 0.25) is 0 Å². The fraction of sp³-hybridized carbons (Fsp3) is 0.350. The maximum atomic E-state index is 4.48. The summed E-state index contributed by atoms with van der Waals surface area (Å²) in [7, 11) is 2.19. The summed E-state index contributed by atoms with van der Waals surface area (Å²) < 4.78 is 0. The molecule has 0 aliphatic heterocycles. The van der Waals surface area contributed by atoms with Crippen LogP contribution in [0.3, 0.4) is 0 Å². The minimum Gasteiger partial charge on any atom is -0.342 e. The van der Waals surface area contributed by atoms with Crippen molar-refractivity contribution in [3.05, 3.63) is 53.3 Å². The molecule has 0 unspecified atom stereocenters. The van der Waals surface area contributed by atoms with E-state index in [0.29, 0.717) is 0 Å². The summed E-state index contributed by atoms with van der Waals surface area (Å²) in [4.78, 5) is 10.2. The van der Waals surface area contributed by atoms with Gasteiger partial charge in [-0.05, 0) is 74.3 Å². The van der Waals surface area contributed by atoms with Gasteiger partial charge in [-0.1, -0.05) is 25.1 Å². The smallest absolute Gasteiger partial charge is 0.104 e. The molecule has 0 aliphatic carbocycles. The lowest BCUT2D eigenvalue weighted by atomic mass is 9.99. The van der Waals surface area contributed by atoms with Crippen LogP contribution in [0, 0.1) is 13.8 Å². The van der Waals surface area contributed by atoms with Crippen LogP contribution in [0.5, 0.6) is 0 Å². The second-order valence-electron chi connectivity index (χ2n) is 6.43. The molecule has 0 bridgehead atoms. The fourth-order valence-electron chi connectivity index (χ4n) is 3.09. The normalized spacial score (nSPS) is 11.5. The first-order chi connectivity index (χ1) is 11.1. The summed E-state index contributed by atoms with van der Waals surface area (Å²) in [6, 6.07) is 13.2. The Bertz CT molecular complexity index is 817. The highest BCUT2D eigenvalue weighted by Crippen LogP contribution is 2.26. The first-order valence-corrected chi connectivity index (χ1v) is 8.31. The van der Waals surface area contributed by atoms with E-state index in [-0.39, 0.29) is 0 Å². The Kier molecular flexibility index (Phi) is 4.49. The van der Waals surface area contributed by atoms with Crippen LogP contribution < -0.4 is 0 Å². The molecule has 0 saturated heterocycles. The molecule has 2 aromatic carbocycles. The van der Waals surface area contributed by atoms with E-state index >= 15 is 0 Å². The number of rotatable bonds is 5. The number of hydrogen-bond donors (Lipinski definition) is 1. The third-order valence-corrected chi connectivity index (χ3v) is 4.33. The van der Waals surface area contributed by atoms with Crippen LogP contribution in [0.25, 0.3) is 22.2 Å². The van der Waals surface area contributed by atoms with Crippen molar-refractivity contribution < 1.29 is 0 Å². The van der Waals surface area contributed by atoms with Crippen LogP contribution in [0.15, 0.2) is 36.4 Å². The van der Waals surface area contributed by atoms with E-state index in [1.807, 2.05) is 6.92 Å². The van der Waals surface area contributed by atoms with E-state index in [2.05, 4.69) is 72.2 Å². The summed E-state index contributed by atoms with van der Waals surface area (Å²) in [6.45, 7) is 8.54. The van der Waals surface area contributed by atoms with E-state index in [1.165, 1.54) is 28.7 Å². The Labute approximate surface area is 138 Å². The van der Waals surface area contributed by atoms with Gasteiger partial charge >= 0.3 is 0 Å². The highest BCUT2D eigenvalue weighted by atomic mass is 15.1. The zero-order chi connectivity index (χ0) is 16.4. The topological polar surface area (TPSA) is 31.9 Å². The van der Waals surface area contributed by atoms with E-state index in [1.54, 1.807) is 0 Å². The predicted molar refractivity (Wildman–Crippen MR) is 97.6 cm³/mol. The van der Waals surface area contributed by atoms with E-state index < -0.39 is 0 Å². The number of nitrogens with zero attached hydrogens (tertiary/aromatic N) is 2. The van der Waals surface area contributed by atoms with Crippen molar-refractivity contribution >= 4 is 11.0 Å². The molecule has 1 N–H and O–H groups in total. The lowest BCUT2D eigenvalue weighted by Crippen LogP contribution is -2.19. The predicted octanol–water partition coefficient (Wildman–Crippen LogP) is 4.69. The number of aromatic nitrogens is 2. The molecule has 0 amide bonds. The van der Waals surface area contributed by atoms with Gasteiger partial charge in [0.05, 0.1) is 11.0 Å². The summed E-state index contributed by atoms with van der Waals surface area (Å²) in [5, 5.41) is 0. The summed E-state index contributed by atoms with van der Waals surface area (Å²) in [6.07, 6.45) is 1.19. The van der Waals surface area contributed by atoms with Gasteiger partial charge in [0.1, 0.15) is 5.82 Å². The molecule has 120 valence electrons. The Morgan fingerprint density at radius 1 is 1.04 bits per heavy atom. The quantitative estimate of drug-likeness (QED) is 0.741. The standard InChI is InChI=1S/C20H25N3/c1-5-10-23(4)13-18-11-16(7-6-14(18)2)17-8-9-19-20(12-17)22-15(3)21-19/h6-9,11-12H,5,10,13H2,1-4H3,(H,21,22). The zero-order valence-corrected chi connectivity index (χ0v) is 14.5. The fourth-order valence-corrected chi connectivity index (χ4v) is 3.09. The number of nitrogens with one attached hydrogen (secondary N) is 1. The van der Waals surface area contributed by atoms with Gasteiger partial charge in [0.15, 0.2) is 0 Å². The third-order valence-electron chi connectivity index (χ3n) is 4.33. The zero-order valence-electron chi connectivity index (χ0n) is 14.5. The maximum Gasteiger partial charge on any atom is 0.104 e. The summed E-state index contributed by atoms with van der Waals surface area (Å²) in [5.74, 6) is 0.961. The van der Waals surface area contributed by atoms with E-state index in [0.717, 1.165) is 29.9 Å². The number of H-pyrrole nitrogens is 1. The molecular weight excluding hydrogens is 282 g/mol. The van der Waals surface area contributed by atoms with Crippen molar-refractivity contribution in [2.45, 2.75) is 33.7 Å². The SMILES string of the molecule is CCCN(C)Cc1cc(-c2ccc3nc(C)[nH]c3c2)ccc1C. The molecular formula is C20H25N3. The molecule has 3 nitrogen and oxygen atoms in total. The van der Waals surface area contributed by atoms with E-state index in [4.69, 9.17) is 0 Å². The molecule has 1 aromatic heterocycles. The van der Waals surface area contributed by atoms with Crippen LogP contribution in [-0.4, -0.2) is 28.5 Å². The van der Waals surface area contributed by atoms with Gasteiger partial charge in [-0.3, -0.25) is 0 Å². The van der Waals surface area contributed by atoms with Crippen LogP contribution >= 0.6 is 0 Å². The molecule has 3 rings (SSSR count). The number of aromatic amines is 1. The number of hydrogen-bond acceptors (Lipinski definition) is 2. The molecule has 0 fully saturated rings. The van der Waals surface area contributed by atoms with Crippen molar-refractivity contribution in [3.63, 3.8) is 0 Å². The summed E-state index contributed by atoms with van der Waals surface area (Å²) >= 11 is 0. The highest BCUT2D eigenvalue weighted by molar-refractivity contribution is 5.82. The number of benzene rings is 2. The van der Waals surface area contributed by atoms with Crippen molar-refractivity contribution in [1.82, 2.24) is 14.9 Å². The number of aryl methyl sites for hydroxylation is 2. The van der Waals surface area contributed by atoms with Gasteiger partial charge in [0.25, 0.3) is 0 Å². The van der Waals surface area contributed by atoms with Crippen molar-refractivity contribution in [2.24, 2.45) is 0 Å². The average Bonchev–Trinajstić information content (AvgIpc) is 2.88. The number of imidazole rings is 1. The molecule has 0 atom stereocenters. The van der Waals surface area contributed by atoms with Gasteiger partial charge in [-0.15, -0.1) is 0 Å². The second-order valence-corrected chi connectivity index (χ2v) is 6.43. The Morgan fingerprint density at radius 3 is 2.57 bits per heavy atom. The Hall–Kier alpha value is -2.13. The first kappa shape index (κ1) is 15.8. The average molecular weight is 307 g/mol. The molecule has 0 spiro atoms. The molecule has 3 aromatic rings. The molecule has 23 heavy (non-hydrogen) atoms. The van der Waals surface area contributed by atoms with Gasteiger partial charge in [0, 0.05) is 6.54 Å². The van der Waals surface area contributed by atoms with Crippen molar-refractivity contribution in [3.8, 4) is 11.1 Å².